The highest BCUT2D eigenvalue weighted by molar-refractivity contribution is 6.31. The van der Waals surface area contributed by atoms with Crippen molar-refractivity contribution in [2.45, 2.75) is 26.4 Å². The van der Waals surface area contributed by atoms with E-state index in [-0.39, 0.29) is 24.5 Å². The number of carbonyl (C=O) groups excluding carboxylic acids is 1. The van der Waals surface area contributed by atoms with Crippen LogP contribution in [0.3, 0.4) is 0 Å². The number of amides is 1. The minimum atomic E-state index is -0.371. The lowest BCUT2D eigenvalue weighted by Crippen LogP contribution is -2.34. The molecular weight excluding hydrogens is 278 g/mol. The van der Waals surface area contributed by atoms with Gasteiger partial charge in [0.25, 0.3) is 5.91 Å². The zero-order chi connectivity index (χ0) is 14.7. The molecule has 0 aliphatic carbocycles. The first-order valence-electron chi connectivity index (χ1n) is 6.82. The smallest absolute Gasteiger partial charge is 0.260 e. The van der Waals surface area contributed by atoms with Gasteiger partial charge in [0.15, 0.2) is 6.61 Å². The summed E-state index contributed by atoms with van der Waals surface area (Å²) >= 11 is 6.01. The standard InChI is InChI=1S/C15H20ClNO3/c1-10-13(16)4-3-5-14(10)20-9-15(19)17-7-6-12(8-17)11(2)18/h3-5,11-12,18H,6-9H2,1-2H3. The fraction of sp³-hybridized carbons (Fsp3) is 0.533. The molecule has 4 nitrogen and oxygen atoms in total. The van der Waals surface area contributed by atoms with Gasteiger partial charge in [-0.15, -0.1) is 0 Å². The van der Waals surface area contributed by atoms with E-state index in [4.69, 9.17) is 16.3 Å². The molecule has 1 fully saturated rings. The molecule has 0 bridgehead atoms. The van der Waals surface area contributed by atoms with E-state index in [9.17, 15) is 9.90 Å². The molecule has 1 heterocycles. The number of benzene rings is 1. The van der Waals surface area contributed by atoms with Crippen molar-refractivity contribution < 1.29 is 14.6 Å². The Hall–Kier alpha value is -1.26. The maximum atomic E-state index is 12.1. The van der Waals surface area contributed by atoms with Gasteiger partial charge in [-0.25, -0.2) is 0 Å². The maximum Gasteiger partial charge on any atom is 0.260 e. The van der Waals surface area contributed by atoms with Crippen LogP contribution < -0.4 is 4.74 Å². The number of likely N-dealkylation sites (tertiary alicyclic amines) is 1. The van der Waals surface area contributed by atoms with Crippen molar-refractivity contribution in [3.8, 4) is 5.75 Å². The first-order valence-corrected chi connectivity index (χ1v) is 7.20. The summed E-state index contributed by atoms with van der Waals surface area (Å²) in [6.07, 6.45) is 0.475. The minimum absolute atomic E-state index is 0.00765. The summed E-state index contributed by atoms with van der Waals surface area (Å²) < 4.78 is 5.55. The van der Waals surface area contributed by atoms with Crippen LogP contribution in [0.1, 0.15) is 18.9 Å². The molecule has 0 saturated carbocycles. The van der Waals surface area contributed by atoms with Crippen molar-refractivity contribution in [1.29, 1.82) is 0 Å². The molecule has 2 rings (SSSR count). The summed E-state index contributed by atoms with van der Waals surface area (Å²) in [5.41, 5.74) is 0.838. The van der Waals surface area contributed by atoms with Gasteiger partial charge in [-0.05, 0) is 32.4 Å². The van der Waals surface area contributed by atoms with Gasteiger partial charge in [0, 0.05) is 29.6 Å². The van der Waals surface area contributed by atoms with E-state index < -0.39 is 0 Å². The Balaban J connectivity index is 1.88. The number of hydrogen-bond acceptors (Lipinski definition) is 3. The second kappa shape index (κ2) is 6.46. The fourth-order valence-electron chi connectivity index (χ4n) is 2.38. The van der Waals surface area contributed by atoms with E-state index in [1.54, 1.807) is 30.0 Å². The highest BCUT2D eigenvalue weighted by atomic mass is 35.5. The largest absolute Gasteiger partial charge is 0.483 e. The quantitative estimate of drug-likeness (QED) is 0.927. The van der Waals surface area contributed by atoms with E-state index in [0.29, 0.717) is 23.9 Å². The molecule has 0 spiro atoms. The number of aliphatic hydroxyl groups excluding tert-OH is 1. The molecule has 5 heteroatoms. The number of nitrogens with zero attached hydrogens (tertiary/aromatic N) is 1. The highest BCUT2D eigenvalue weighted by Crippen LogP contribution is 2.25. The summed E-state index contributed by atoms with van der Waals surface area (Å²) in [4.78, 5) is 13.8. The van der Waals surface area contributed by atoms with Gasteiger partial charge < -0.3 is 14.7 Å². The fourth-order valence-corrected chi connectivity index (χ4v) is 2.55. The highest BCUT2D eigenvalue weighted by Gasteiger charge is 2.29. The molecular formula is C15H20ClNO3. The van der Waals surface area contributed by atoms with Gasteiger partial charge >= 0.3 is 0 Å². The number of hydrogen-bond donors (Lipinski definition) is 1. The van der Waals surface area contributed by atoms with Crippen LogP contribution in [-0.4, -0.2) is 41.7 Å². The summed E-state index contributed by atoms with van der Waals surface area (Å²) in [7, 11) is 0. The first-order chi connectivity index (χ1) is 9.49. The molecule has 2 atom stereocenters. The molecule has 1 aliphatic heterocycles. The molecule has 2 unspecified atom stereocenters. The molecule has 1 N–H and O–H groups in total. The lowest BCUT2D eigenvalue weighted by molar-refractivity contribution is -0.132. The number of rotatable bonds is 4. The van der Waals surface area contributed by atoms with E-state index >= 15 is 0 Å². The average molecular weight is 298 g/mol. The zero-order valence-electron chi connectivity index (χ0n) is 11.8. The molecule has 1 saturated heterocycles. The first kappa shape index (κ1) is 15.1. The SMILES string of the molecule is Cc1c(Cl)cccc1OCC(=O)N1CCC(C(C)O)C1. The third-order valence-corrected chi connectivity index (χ3v) is 4.24. The van der Waals surface area contributed by atoms with Crippen molar-refractivity contribution in [1.82, 2.24) is 4.90 Å². The van der Waals surface area contributed by atoms with Crippen molar-refractivity contribution in [2.75, 3.05) is 19.7 Å². The van der Waals surface area contributed by atoms with Gasteiger partial charge in [-0.1, -0.05) is 17.7 Å². The van der Waals surface area contributed by atoms with Crippen molar-refractivity contribution in [2.24, 2.45) is 5.92 Å². The number of ether oxygens (including phenoxy) is 1. The summed E-state index contributed by atoms with van der Waals surface area (Å²) in [6.45, 7) is 4.93. The third kappa shape index (κ3) is 3.44. The van der Waals surface area contributed by atoms with Crippen LogP contribution in [0.2, 0.25) is 5.02 Å². The monoisotopic (exact) mass is 297 g/mol. The van der Waals surface area contributed by atoms with E-state index in [1.807, 2.05) is 6.92 Å². The van der Waals surface area contributed by atoms with Crippen molar-refractivity contribution in [3.05, 3.63) is 28.8 Å². The second-order valence-corrected chi connectivity index (χ2v) is 5.69. The van der Waals surface area contributed by atoms with Gasteiger partial charge in [0.05, 0.1) is 6.10 Å². The predicted octanol–water partition coefficient (Wildman–Crippen LogP) is 2.26. The molecule has 1 amide bonds. The molecule has 1 aromatic rings. The lowest BCUT2D eigenvalue weighted by atomic mass is 10.0. The second-order valence-electron chi connectivity index (χ2n) is 5.28. The number of aliphatic hydroxyl groups is 1. The Labute approximate surface area is 124 Å². The summed E-state index contributed by atoms with van der Waals surface area (Å²) in [5, 5.41) is 10.2. The van der Waals surface area contributed by atoms with E-state index in [1.165, 1.54) is 0 Å². The van der Waals surface area contributed by atoms with Crippen LogP contribution in [0.15, 0.2) is 18.2 Å². The van der Waals surface area contributed by atoms with Crippen LogP contribution in [0.5, 0.6) is 5.75 Å². The summed E-state index contributed by atoms with van der Waals surface area (Å²) in [6, 6.07) is 5.39. The van der Waals surface area contributed by atoms with E-state index in [0.717, 1.165) is 12.0 Å². The van der Waals surface area contributed by atoms with Gasteiger partial charge in [-0.2, -0.15) is 0 Å². The van der Waals surface area contributed by atoms with Gasteiger partial charge in [-0.3, -0.25) is 4.79 Å². The molecule has 20 heavy (non-hydrogen) atoms. The Morgan fingerprint density at radius 3 is 3.00 bits per heavy atom. The Bertz CT molecular complexity index is 490. The Morgan fingerprint density at radius 2 is 2.35 bits per heavy atom. The van der Waals surface area contributed by atoms with Crippen molar-refractivity contribution in [3.63, 3.8) is 0 Å². The third-order valence-electron chi connectivity index (χ3n) is 3.83. The normalized spacial score (nSPS) is 20.0. The van der Waals surface area contributed by atoms with Crippen LogP contribution in [0.25, 0.3) is 0 Å². The Morgan fingerprint density at radius 1 is 1.60 bits per heavy atom. The molecule has 110 valence electrons. The van der Waals surface area contributed by atoms with Crippen LogP contribution >= 0.6 is 11.6 Å². The topological polar surface area (TPSA) is 49.8 Å². The maximum absolute atomic E-state index is 12.1. The minimum Gasteiger partial charge on any atom is -0.483 e. The van der Waals surface area contributed by atoms with E-state index in [2.05, 4.69) is 0 Å². The average Bonchev–Trinajstić information content (AvgIpc) is 2.90. The molecule has 1 aliphatic rings. The lowest BCUT2D eigenvalue weighted by Gasteiger charge is -2.18. The van der Waals surface area contributed by atoms with Crippen LogP contribution in [-0.2, 0) is 4.79 Å². The van der Waals surface area contributed by atoms with Gasteiger partial charge in [0.1, 0.15) is 5.75 Å². The van der Waals surface area contributed by atoms with Crippen LogP contribution in [0.4, 0.5) is 0 Å². The predicted molar refractivity (Wildman–Crippen MR) is 78.1 cm³/mol. The van der Waals surface area contributed by atoms with Crippen molar-refractivity contribution >= 4 is 17.5 Å². The summed E-state index contributed by atoms with van der Waals surface area (Å²) in [5.74, 6) is 0.761. The molecule has 1 aromatic carbocycles. The van der Waals surface area contributed by atoms with Gasteiger partial charge in [0.2, 0.25) is 0 Å². The molecule has 0 aromatic heterocycles. The number of carbonyl (C=O) groups is 1. The molecule has 0 radical (unpaired) electrons. The zero-order valence-corrected chi connectivity index (χ0v) is 12.6. The Kier molecular flexibility index (Phi) is 4.89. The van der Waals surface area contributed by atoms with Crippen LogP contribution in [0, 0.1) is 12.8 Å². The number of halogens is 1.